The maximum Gasteiger partial charge on any atom is 0.257 e. The van der Waals surface area contributed by atoms with Gasteiger partial charge in [0.25, 0.3) is 11.8 Å². The van der Waals surface area contributed by atoms with E-state index in [1.807, 2.05) is 13.8 Å². The summed E-state index contributed by atoms with van der Waals surface area (Å²) in [7, 11) is 0. The Bertz CT molecular complexity index is 741. The Hall–Kier alpha value is -2.04. The van der Waals surface area contributed by atoms with Gasteiger partial charge in [0.2, 0.25) is 0 Å². The molecule has 0 saturated heterocycles. The fourth-order valence-corrected chi connectivity index (χ4v) is 2.76. The van der Waals surface area contributed by atoms with E-state index in [1.54, 1.807) is 41.3 Å². The normalized spacial score (nSPS) is 10.3. The first-order valence-electron chi connectivity index (χ1n) is 7.62. The molecule has 0 unspecified atom stereocenters. The summed E-state index contributed by atoms with van der Waals surface area (Å²) in [5.74, 6) is -0.363. The quantitative estimate of drug-likeness (QED) is 0.833. The highest BCUT2D eigenvalue weighted by Gasteiger charge is 2.14. The highest BCUT2D eigenvalue weighted by molar-refractivity contribution is 6.37. The first-order valence-corrected chi connectivity index (χ1v) is 8.37. The first kappa shape index (κ1) is 18.3. The van der Waals surface area contributed by atoms with Crippen LogP contribution in [0.5, 0.6) is 0 Å². The lowest BCUT2D eigenvalue weighted by Gasteiger charge is -2.18. The van der Waals surface area contributed by atoms with Crippen molar-refractivity contribution >= 4 is 40.7 Å². The van der Waals surface area contributed by atoms with Crippen molar-refractivity contribution < 1.29 is 9.59 Å². The number of benzene rings is 2. The summed E-state index contributed by atoms with van der Waals surface area (Å²) in [5, 5.41) is 3.50. The summed E-state index contributed by atoms with van der Waals surface area (Å²) in [4.78, 5) is 26.2. The molecule has 0 spiro atoms. The van der Waals surface area contributed by atoms with Gasteiger partial charge in [0, 0.05) is 29.4 Å². The molecule has 0 aromatic heterocycles. The molecule has 0 radical (unpaired) electrons. The van der Waals surface area contributed by atoms with Gasteiger partial charge in [-0.15, -0.1) is 0 Å². The topological polar surface area (TPSA) is 49.4 Å². The van der Waals surface area contributed by atoms with Crippen molar-refractivity contribution in [2.45, 2.75) is 13.8 Å². The SMILES string of the molecule is CCN(CC)C(=O)c1ccc(NC(=O)c2ccc(Cl)cc2Cl)cc1. The van der Waals surface area contributed by atoms with Crippen LogP contribution in [0.4, 0.5) is 5.69 Å². The monoisotopic (exact) mass is 364 g/mol. The third kappa shape index (κ3) is 4.28. The van der Waals surface area contributed by atoms with Crippen LogP contribution in [0.2, 0.25) is 10.0 Å². The van der Waals surface area contributed by atoms with Gasteiger partial charge in [-0.2, -0.15) is 0 Å². The zero-order valence-corrected chi connectivity index (χ0v) is 15.0. The first-order chi connectivity index (χ1) is 11.5. The predicted octanol–water partition coefficient (Wildman–Crippen LogP) is 4.73. The van der Waals surface area contributed by atoms with Crippen LogP contribution in [0.1, 0.15) is 34.6 Å². The minimum atomic E-state index is -0.334. The van der Waals surface area contributed by atoms with Crippen LogP contribution in [-0.2, 0) is 0 Å². The third-order valence-electron chi connectivity index (χ3n) is 3.62. The standard InChI is InChI=1S/C18H18Cl2N2O2/c1-3-22(4-2)18(24)12-5-8-14(9-6-12)21-17(23)15-10-7-13(19)11-16(15)20/h5-11H,3-4H2,1-2H3,(H,21,23). The van der Waals surface area contributed by atoms with Crippen LogP contribution in [-0.4, -0.2) is 29.8 Å². The molecular formula is C18H18Cl2N2O2. The summed E-state index contributed by atoms with van der Waals surface area (Å²) >= 11 is 11.9. The number of amides is 2. The van der Waals surface area contributed by atoms with Gasteiger partial charge in [-0.1, -0.05) is 23.2 Å². The second-order valence-electron chi connectivity index (χ2n) is 5.13. The second kappa shape index (κ2) is 8.18. The molecule has 0 heterocycles. The molecule has 0 fully saturated rings. The number of rotatable bonds is 5. The molecule has 0 aliphatic heterocycles. The maximum atomic E-state index is 12.3. The summed E-state index contributed by atoms with van der Waals surface area (Å²) in [6.07, 6.45) is 0. The van der Waals surface area contributed by atoms with Crippen molar-refractivity contribution in [3.8, 4) is 0 Å². The Kier molecular flexibility index (Phi) is 6.23. The fraction of sp³-hybridized carbons (Fsp3) is 0.222. The number of carbonyl (C=O) groups is 2. The maximum absolute atomic E-state index is 12.3. The average molecular weight is 365 g/mol. The number of hydrogen-bond donors (Lipinski definition) is 1. The number of carbonyl (C=O) groups excluding carboxylic acids is 2. The van der Waals surface area contributed by atoms with E-state index in [2.05, 4.69) is 5.32 Å². The van der Waals surface area contributed by atoms with Gasteiger partial charge in [0.05, 0.1) is 10.6 Å². The molecule has 0 aliphatic rings. The summed E-state index contributed by atoms with van der Waals surface area (Å²) in [6, 6.07) is 11.5. The van der Waals surface area contributed by atoms with Crippen LogP contribution in [0.25, 0.3) is 0 Å². The Morgan fingerprint density at radius 2 is 1.62 bits per heavy atom. The third-order valence-corrected chi connectivity index (χ3v) is 4.16. The van der Waals surface area contributed by atoms with Gasteiger partial charge in [-0.3, -0.25) is 9.59 Å². The van der Waals surface area contributed by atoms with Crippen molar-refractivity contribution in [3.63, 3.8) is 0 Å². The zero-order chi connectivity index (χ0) is 17.7. The lowest BCUT2D eigenvalue weighted by molar-refractivity contribution is 0.0773. The molecule has 0 saturated carbocycles. The largest absolute Gasteiger partial charge is 0.339 e. The average Bonchev–Trinajstić information content (AvgIpc) is 2.56. The number of hydrogen-bond acceptors (Lipinski definition) is 2. The summed E-state index contributed by atoms with van der Waals surface area (Å²) < 4.78 is 0. The van der Waals surface area contributed by atoms with E-state index in [0.29, 0.717) is 34.9 Å². The molecular weight excluding hydrogens is 347 g/mol. The molecule has 24 heavy (non-hydrogen) atoms. The summed E-state index contributed by atoms with van der Waals surface area (Å²) in [5.41, 5.74) is 1.51. The van der Waals surface area contributed by atoms with Gasteiger partial charge in [-0.05, 0) is 56.3 Å². The molecule has 6 heteroatoms. The van der Waals surface area contributed by atoms with E-state index in [0.717, 1.165) is 0 Å². The van der Waals surface area contributed by atoms with Gasteiger partial charge in [0.1, 0.15) is 0 Å². The second-order valence-corrected chi connectivity index (χ2v) is 5.98. The lowest BCUT2D eigenvalue weighted by atomic mass is 10.1. The molecule has 0 aliphatic carbocycles. The Labute approximate surface area is 151 Å². The van der Waals surface area contributed by atoms with Gasteiger partial charge in [0.15, 0.2) is 0 Å². The number of nitrogens with one attached hydrogen (secondary N) is 1. The molecule has 2 aromatic carbocycles. The van der Waals surface area contributed by atoms with Crippen molar-refractivity contribution in [2.24, 2.45) is 0 Å². The fourth-order valence-electron chi connectivity index (χ4n) is 2.26. The van der Waals surface area contributed by atoms with Crippen LogP contribution in [0.3, 0.4) is 0 Å². The zero-order valence-electron chi connectivity index (χ0n) is 13.5. The van der Waals surface area contributed by atoms with E-state index in [1.165, 1.54) is 6.07 Å². The Morgan fingerprint density at radius 3 is 2.17 bits per heavy atom. The summed E-state index contributed by atoms with van der Waals surface area (Å²) in [6.45, 7) is 5.18. The van der Waals surface area contributed by atoms with Gasteiger partial charge >= 0.3 is 0 Å². The van der Waals surface area contributed by atoms with Crippen LogP contribution in [0, 0.1) is 0 Å². The molecule has 126 valence electrons. The minimum absolute atomic E-state index is 0.0291. The molecule has 0 bridgehead atoms. The number of nitrogens with zero attached hydrogens (tertiary/aromatic N) is 1. The molecule has 2 aromatic rings. The highest BCUT2D eigenvalue weighted by Crippen LogP contribution is 2.22. The van der Waals surface area contributed by atoms with E-state index in [9.17, 15) is 9.59 Å². The Balaban J connectivity index is 2.11. The van der Waals surface area contributed by atoms with Crippen molar-refractivity contribution in [3.05, 3.63) is 63.6 Å². The van der Waals surface area contributed by atoms with Gasteiger partial charge < -0.3 is 10.2 Å². The highest BCUT2D eigenvalue weighted by atomic mass is 35.5. The molecule has 0 atom stereocenters. The number of anilines is 1. The van der Waals surface area contributed by atoms with E-state index in [4.69, 9.17) is 23.2 Å². The smallest absolute Gasteiger partial charge is 0.257 e. The molecule has 2 rings (SSSR count). The van der Waals surface area contributed by atoms with Gasteiger partial charge in [-0.25, -0.2) is 0 Å². The lowest BCUT2D eigenvalue weighted by Crippen LogP contribution is -2.30. The van der Waals surface area contributed by atoms with E-state index in [-0.39, 0.29) is 16.8 Å². The van der Waals surface area contributed by atoms with Crippen LogP contribution < -0.4 is 5.32 Å². The van der Waals surface area contributed by atoms with E-state index >= 15 is 0 Å². The number of halogens is 2. The minimum Gasteiger partial charge on any atom is -0.339 e. The van der Waals surface area contributed by atoms with Crippen molar-refractivity contribution in [1.82, 2.24) is 4.90 Å². The molecule has 4 nitrogen and oxygen atoms in total. The van der Waals surface area contributed by atoms with Crippen molar-refractivity contribution in [1.29, 1.82) is 0 Å². The molecule has 2 amide bonds. The Morgan fingerprint density at radius 1 is 1.00 bits per heavy atom. The predicted molar refractivity (Wildman–Crippen MR) is 98.1 cm³/mol. The van der Waals surface area contributed by atoms with Crippen LogP contribution >= 0.6 is 23.2 Å². The van der Waals surface area contributed by atoms with Crippen LogP contribution in [0.15, 0.2) is 42.5 Å². The molecule has 1 N–H and O–H groups in total. The van der Waals surface area contributed by atoms with Crippen molar-refractivity contribution in [2.75, 3.05) is 18.4 Å². The van der Waals surface area contributed by atoms with E-state index < -0.39 is 0 Å².